The molecule has 0 bridgehead atoms. The Hall–Kier alpha value is -0.570. The van der Waals surface area contributed by atoms with E-state index < -0.39 is 6.10 Å². The molecule has 3 heteroatoms. The second-order valence-electron chi connectivity index (χ2n) is 5.50. The highest BCUT2D eigenvalue weighted by Gasteiger charge is 2.40. The van der Waals surface area contributed by atoms with Gasteiger partial charge in [-0.3, -0.25) is 4.79 Å². The fourth-order valence-corrected chi connectivity index (χ4v) is 2.54. The smallest absolute Gasteiger partial charge is 0.226 e. The van der Waals surface area contributed by atoms with Gasteiger partial charge in [0, 0.05) is 19.5 Å². The summed E-state index contributed by atoms with van der Waals surface area (Å²) in [7, 11) is 1.78. The quantitative estimate of drug-likeness (QED) is 0.774. The number of aliphatic hydroxyl groups is 1. The number of likely N-dealkylation sites (N-methyl/N-ethyl adjacent to an activating group) is 1. The summed E-state index contributed by atoms with van der Waals surface area (Å²) in [4.78, 5) is 13.8. The number of carbonyl (C=O) groups excluding carboxylic acids is 1. The molecule has 0 spiro atoms. The second-order valence-corrected chi connectivity index (χ2v) is 5.50. The molecule has 0 aromatic carbocycles. The Bertz CT molecular complexity index is 236. The van der Waals surface area contributed by atoms with E-state index in [1.807, 2.05) is 0 Å². The summed E-state index contributed by atoms with van der Waals surface area (Å²) in [6, 6.07) is 0. The first kappa shape index (κ1) is 12.5. The van der Waals surface area contributed by atoms with Crippen LogP contribution in [0.2, 0.25) is 0 Å². The molecule has 1 aliphatic carbocycles. The molecule has 1 aliphatic rings. The molecule has 0 saturated heterocycles. The van der Waals surface area contributed by atoms with Crippen molar-refractivity contribution in [2.75, 3.05) is 13.6 Å². The molecule has 1 fully saturated rings. The summed E-state index contributed by atoms with van der Waals surface area (Å²) in [5.74, 6) is 0.333. The van der Waals surface area contributed by atoms with Crippen molar-refractivity contribution in [1.29, 1.82) is 0 Å². The number of rotatable bonds is 3. The van der Waals surface area contributed by atoms with Crippen molar-refractivity contribution < 1.29 is 9.90 Å². The van der Waals surface area contributed by atoms with Crippen LogP contribution in [0, 0.1) is 11.3 Å². The van der Waals surface area contributed by atoms with Crippen LogP contribution in [0.4, 0.5) is 0 Å². The molecular formula is C12H23NO2. The van der Waals surface area contributed by atoms with Crippen LogP contribution in [0.1, 0.15) is 40.0 Å². The Morgan fingerprint density at radius 2 is 2.20 bits per heavy atom. The molecule has 88 valence electrons. The minimum absolute atomic E-state index is 0.129. The van der Waals surface area contributed by atoms with Crippen molar-refractivity contribution in [3.05, 3.63) is 0 Å². The fourth-order valence-electron chi connectivity index (χ4n) is 2.54. The Morgan fingerprint density at radius 1 is 1.60 bits per heavy atom. The molecule has 0 aromatic rings. The van der Waals surface area contributed by atoms with Crippen LogP contribution in [-0.2, 0) is 4.79 Å². The zero-order chi connectivity index (χ0) is 11.6. The average Bonchev–Trinajstić information content (AvgIpc) is 2.42. The zero-order valence-electron chi connectivity index (χ0n) is 10.3. The summed E-state index contributed by atoms with van der Waals surface area (Å²) in [5, 5.41) is 9.25. The van der Waals surface area contributed by atoms with Crippen LogP contribution in [-0.4, -0.2) is 35.6 Å². The van der Waals surface area contributed by atoms with Crippen LogP contribution in [0.15, 0.2) is 0 Å². The van der Waals surface area contributed by atoms with Crippen LogP contribution in [0.25, 0.3) is 0 Å². The highest BCUT2D eigenvalue weighted by molar-refractivity contribution is 5.79. The van der Waals surface area contributed by atoms with E-state index >= 15 is 0 Å². The van der Waals surface area contributed by atoms with E-state index in [0.717, 1.165) is 19.3 Å². The van der Waals surface area contributed by atoms with Crippen LogP contribution < -0.4 is 0 Å². The summed E-state index contributed by atoms with van der Waals surface area (Å²) in [6.07, 6.45) is 2.83. The lowest BCUT2D eigenvalue weighted by molar-refractivity contribution is -0.138. The highest BCUT2D eigenvalue weighted by atomic mass is 16.3. The lowest BCUT2D eigenvalue weighted by Crippen LogP contribution is -2.40. The first-order valence-corrected chi connectivity index (χ1v) is 5.77. The molecule has 15 heavy (non-hydrogen) atoms. The summed E-state index contributed by atoms with van der Waals surface area (Å²) in [5.41, 5.74) is 0.129. The third-order valence-corrected chi connectivity index (χ3v) is 3.47. The molecule has 1 rings (SSSR count). The normalized spacial score (nSPS) is 26.3. The van der Waals surface area contributed by atoms with Crippen LogP contribution in [0.3, 0.4) is 0 Å². The van der Waals surface area contributed by atoms with Gasteiger partial charge in [-0.15, -0.1) is 0 Å². The fraction of sp³-hybridized carbons (Fsp3) is 0.917. The number of carbonyl (C=O) groups is 1. The van der Waals surface area contributed by atoms with Gasteiger partial charge >= 0.3 is 0 Å². The van der Waals surface area contributed by atoms with E-state index in [0.29, 0.717) is 6.54 Å². The van der Waals surface area contributed by atoms with Crippen molar-refractivity contribution in [3.63, 3.8) is 0 Å². The Balaban J connectivity index is 2.60. The van der Waals surface area contributed by atoms with Gasteiger partial charge in [-0.2, -0.15) is 0 Å². The van der Waals surface area contributed by atoms with Gasteiger partial charge in [-0.1, -0.05) is 20.3 Å². The maximum absolute atomic E-state index is 12.1. The maximum atomic E-state index is 12.1. The highest BCUT2D eigenvalue weighted by Crippen LogP contribution is 2.43. The minimum atomic E-state index is -0.441. The maximum Gasteiger partial charge on any atom is 0.226 e. The summed E-state index contributed by atoms with van der Waals surface area (Å²) < 4.78 is 0. The SMILES string of the molecule is CC(O)CN(C)C(=O)C1CCCC1(C)C. The van der Waals surface area contributed by atoms with Gasteiger partial charge in [-0.05, 0) is 25.2 Å². The van der Waals surface area contributed by atoms with E-state index in [4.69, 9.17) is 0 Å². The zero-order valence-corrected chi connectivity index (χ0v) is 10.3. The predicted octanol–water partition coefficient (Wildman–Crippen LogP) is 1.65. The molecular weight excluding hydrogens is 190 g/mol. The molecule has 1 amide bonds. The largest absolute Gasteiger partial charge is 0.392 e. The van der Waals surface area contributed by atoms with Crippen molar-refractivity contribution in [1.82, 2.24) is 4.90 Å². The molecule has 2 unspecified atom stereocenters. The first-order valence-electron chi connectivity index (χ1n) is 5.77. The van der Waals surface area contributed by atoms with Crippen LogP contribution >= 0.6 is 0 Å². The van der Waals surface area contributed by atoms with Crippen molar-refractivity contribution >= 4 is 5.91 Å². The lowest BCUT2D eigenvalue weighted by Gasteiger charge is -2.30. The van der Waals surface area contributed by atoms with Crippen molar-refractivity contribution in [2.45, 2.75) is 46.1 Å². The number of hydrogen-bond donors (Lipinski definition) is 1. The predicted molar refractivity (Wildman–Crippen MR) is 60.4 cm³/mol. The third-order valence-electron chi connectivity index (χ3n) is 3.47. The van der Waals surface area contributed by atoms with E-state index in [1.165, 1.54) is 0 Å². The Labute approximate surface area is 92.5 Å². The van der Waals surface area contributed by atoms with Gasteiger partial charge < -0.3 is 10.0 Å². The molecule has 0 aromatic heterocycles. The molecule has 2 atom stereocenters. The number of amides is 1. The minimum Gasteiger partial charge on any atom is -0.392 e. The second kappa shape index (κ2) is 4.52. The topological polar surface area (TPSA) is 40.5 Å². The molecule has 3 nitrogen and oxygen atoms in total. The molecule has 0 heterocycles. The number of nitrogens with zero attached hydrogens (tertiary/aromatic N) is 1. The monoisotopic (exact) mass is 213 g/mol. The van der Waals surface area contributed by atoms with Crippen molar-refractivity contribution in [3.8, 4) is 0 Å². The lowest BCUT2D eigenvalue weighted by atomic mass is 9.81. The Kier molecular flexibility index (Phi) is 3.77. The molecule has 1 N–H and O–H groups in total. The Morgan fingerprint density at radius 3 is 2.60 bits per heavy atom. The van der Waals surface area contributed by atoms with E-state index in [1.54, 1.807) is 18.9 Å². The first-order chi connectivity index (χ1) is 6.84. The summed E-state index contributed by atoms with van der Waals surface area (Å²) >= 11 is 0. The number of aliphatic hydroxyl groups excluding tert-OH is 1. The standard InChI is InChI=1S/C12H23NO2/c1-9(14)8-13(4)11(15)10-6-5-7-12(10,2)3/h9-10,14H,5-8H2,1-4H3. The molecule has 1 saturated carbocycles. The third kappa shape index (κ3) is 2.94. The van der Waals surface area contributed by atoms with Gasteiger partial charge in [0.25, 0.3) is 0 Å². The molecule has 0 aliphatic heterocycles. The number of hydrogen-bond acceptors (Lipinski definition) is 2. The van der Waals surface area contributed by atoms with E-state index in [-0.39, 0.29) is 17.2 Å². The van der Waals surface area contributed by atoms with E-state index in [2.05, 4.69) is 13.8 Å². The van der Waals surface area contributed by atoms with Gasteiger partial charge in [0.05, 0.1) is 6.10 Å². The average molecular weight is 213 g/mol. The van der Waals surface area contributed by atoms with Crippen LogP contribution in [0.5, 0.6) is 0 Å². The van der Waals surface area contributed by atoms with Crippen molar-refractivity contribution in [2.24, 2.45) is 11.3 Å². The van der Waals surface area contributed by atoms with Gasteiger partial charge in [0.2, 0.25) is 5.91 Å². The van der Waals surface area contributed by atoms with Gasteiger partial charge in [0.1, 0.15) is 0 Å². The summed E-state index contributed by atoms with van der Waals surface area (Å²) in [6.45, 7) is 6.48. The van der Waals surface area contributed by atoms with E-state index in [9.17, 15) is 9.90 Å². The van der Waals surface area contributed by atoms with Gasteiger partial charge in [-0.25, -0.2) is 0 Å². The molecule has 0 radical (unpaired) electrons. The van der Waals surface area contributed by atoms with Gasteiger partial charge in [0.15, 0.2) is 0 Å².